The SMILES string of the molecule is Cn1nccc1CCC(CO)Cc1cccc(F)c1. The molecule has 1 N–H and O–H groups in total. The van der Waals surface area contributed by atoms with Gasteiger partial charge in [-0.2, -0.15) is 5.10 Å². The van der Waals surface area contributed by atoms with Gasteiger partial charge in [0.25, 0.3) is 0 Å². The molecular weight excluding hydrogens is 243 g/mol. The molecule has 0 fully saturated rings. The Hall–Kier alpha value is -1.68. The zero-order chi connectivity index (χ0) is 13.7. The maximum atomic E-state index is 13.1. The van der Waals surface area contributed by atoms with Gasteiger partial charge in [-0.25, -0.2) is 4.39 Å². The van der Waals surface area contributed by atoms with Crippen molar-refractivity contribution in [2.45, 2.75) is 19.3 Å². The van der Waals surface area contributed by atoms with E-state index in [2.05, 4.69) is 5.10 Å². The molecular formula is C15H19FN2O. The van der Waals surface area contributed by atoms with Crippen molar-refractivity contribution >= 4 is 0 Å². The van der Waals surface area contributed by atoms with E-state index in [1.165, 1.54) is 12.1 Å². The monoisotopic (exact) mass is 262 g/mol. The van der Waals surface area contributed by atoms with E-state index < -0.39 is 0 Å². The first kappa shape index (κ1) is 13.7. The number of rotatable bonds is 6. The highest BCUT2D eigenvalue weighted by Crippen LogP contribution is 2.15. The van der Waals surface area contributed by atoms with Gasteiger partial charge in [-0.15, -0.1) is 0 Å². The largest absolute Gasteiger partial charge is 0.396 e. The van der Waals surface area contributed by atoms with Gasteiger partial charge in [-0.1, -0.05) is 12.1 Å². The third kappa shape index (κ3) is 3.89. The minimum Gasteiger partial charge on any atom is -0.396 e. The molecule has 1 heterocycles. The molecule has 0 aliphatic heterocycles. The van der Waals surface area contributed by atoms with Crippen LogP contribution in [0.15, 0.2) is 36.5 Å². The van der Waals surface area contributed by atoms with Gasteiger partial charge in [0.1, 0.15) is 5.82 Å². The highest BCUT2D eigenvalue weighted by molar-refractivity contribution is 5.17. The number of halogens is 1. The zero-order valence-electron chi connectivity index (χ0n) is 11.1. The van der Waals surface area contributed by atoms with Crippen LogP contribution in [-0.2, 0) is 19.9 Å². The second kappa shape index (κ2) is 6.48. The molecule has 0 aliphatic rings. The van der Waals surface area contributed by atoms with Crippen molar-refractivity contribution < 1.29 is 9.50 Å². The van der Waals surface area contributed by atoms with Crippen molar-refractivity contribution in [3.8, 4) is 0 Å². The summed E-state index contributed by atoms with van der Waals surface area (Å²) in [6.07, 6.45) is 4.21. The standard InChI is InChI=1S/C15H19FN2O/c1-18-15(7-8-17-18)6-5-13(11-19)9-12-3-2-4-14(16)10-12/h2-4,7-8,10,13,19H,5-6,9,11H2,1H3. The highest BCUT2D eigenvalue weighted by Gasteiger charge is 2.10. The van der Waals surface area contributed by atoms with Gasteiger partial charge in [0.2, 0.25) is 0 Å². The fraction of sp³-hybridized carbons (Fsp3) is 0.400. The van der Waals surface area contributed by atoms with Crippen molar-refractivity contribution in [3.05, 3.63) is 53.6 Å². The number of nitrogens with zero attached hydrogens (tertiary/aromatic N) is 2. The average molecular weight is 262 g/mol. The first-order valence-electron chi connectivity index (χ1n) is 6.51. The fourth-order valence-electron chi connectivity index (χ4n) is 2.25. The molecule has 19 heavy (non-hydrogen) atoms. The molecule has 102 valence electrons. The van der Waals surface area contributed by atoms with E-state index >= 15 is 0 Å². The summed E-state index contributed by atoms with van der Waals surface area (Å²) in [5, 5.41) is 13.6. The van der Waals surface area contributed by atoms with Crippen molar-refractivity contribution in [3.63, 3.8) is 0 Å². The van der Waals surface area contributed by atoms with Crippen LogP contribution in [-0.4, -0.2) is 21.5 Å². The Morgan fingerprint density at radius 1 is 1.37 bits per heavy atom. The molecule has 1 aromatic heterocycles. The minimum absolute atomic E-state index is 0.119. The van der Waals surface area contributed by atoms with E-state index in [1.54, 1.807) is 12.3 Å². The lowest BCUT2D eigenvalue weighted by Gasteiger charge is -2.14. The first-order chi connectivity index (χ1) is 9.19. The molecule has 2 rings (SSSR count). The Morgan fingerprint density at radius 2 is 2.21 bits per heavy atom. The van der Waals surface area contributed by atoms with Crippen LogP contribution in [0.1, 0.15) is 17.7 Å². The van der Waals surface area contributed by atoms with Crippen LogP contribution in [0.5, 0.6) is 0 Å². The summed E-state index contributed by atoms with van der Waals surface area (Å²) in [7, 11) is 1.91. The predicted molar refractivity (Wildman–Crippen MR) is 72.2 cm³/mol. The third-order valence-electron chi connectivity index (χ3n) is 3.40. The molecule has 0 radical (unpaired) electrons. The Morgan fingerprint density at radius 3 is 2.84 bits per heavy atom. The molecule has 1 atom stereocenters. The van der Waals surface area contributed by atoms with E-state index in [4.69, 9.17) is 0 Å². The topological polar surface area (TPSA) is 38.0 Å². The number of aliphatic hydroxyl groups excluding tert-OH is 1. The summed E-state index contributed by atoms with van der Waals surface area (Å²) in [6, 6.07) is 8.56. The average Bonchev–Trinajstić information content (AvgIpc) is 2.80. The molecule has 0 aliphatic carbocycles. The van der Waals surface area contributed by atoms with Crippen molar-refractivity contribution in [2.24, 2.45) is 13.0 Å². The molecule has 0 saturated carbocycles. The number of aromatic nitrogens is 2. The summed E-state index contributed by atoms with van der Waals surface area (Å²) in [4.78, 5) is 0. The quantitative estimate of drug-likeness (QED) is 0.867. The van der Waals surface area contributed by atoms with Crippen LogP contribution < -0.4 is 0 Å². The summed E-state index contributed by atoms with van der Waals surface area (Å²) in [5.74, 6) is -0.0717. The van der Waals surface area contributed by atoms with Gasteiger partial charge < -0.3 is 5.11 Å². The molecule has 0 bridgehead atoms. The van der Waals surface area contributed by atoms with Crippen LogP contribution in [0.3, 0.4) is 0 Å². The fourth-order valence-corrected chi connectivity index (χ4v) is 2.25. The molecule has 3 nitrogen and oxygen atoms in total. The Bertz CT molecular complexity index is 524. The van der Waals surface area contributed by atoms with E-state index in [0.717, 1.165) is 24.1 Å². The van der Waals surface area contributed by atoms with E-state index in [1.807, 2.05) is 23.9 Å². The molecule has 1 unspecified atom stereocenters. The number of aliphatic hydroxyl groups is 1. The molecule has 0 amide bonds. The van der Waals surface area contributed by atoms with E-state index in [9.17, 15) is 9.50 Å². The van der Waals surface area contributed by atoms with Crippen molar-refractivity contribution in [1.29, 1.82) is 0 Å². The lowest BCUT2D eigenvalue weighted by molar-refractivity contribution is 0.217. The second-order valence-corrected chi connectivity index (χ2v) is 4.87. The predicted octanol–water partition coefficient (Wildman–Crippen LogP) is 2.34. The molecule has 0 saturated heterocycles. The maximum absolute atomic E-state index is 13.1. The minimum atomic E-state index is -0.221. The summed E-state index contributed by atoms with van der Waals surface area (Å²) in [6.45, 7) is 0.119. The Kier molecular flexibility index (Phi) is 4.68. The van der Waals surface area contributed by atoms with Crippen LogP contribution in [0, 0.1) is 11.7 Å². The Labute approximate surface area is 112 Å². The van der Waals surface area contributed by atoms with Gasteiger partial charge in [-0.05, 0) is 48.9 Å². The van der Waals surface area contributed by atoms with Crippen LogP contribution in [0.25, 0.3) is 0 Å². The van der Waals surface area contributed by atoms with Crippen molar-refractivity contribution in [1.82, 2.24) is 9.78 Å². The molecule has 0 spiro atoms. The summed E-state index contributed by atoms with van der Waals surface area (Å²) < 4.78 is 15.0. The lowest BCUT2D eigenvalue weighted by Crippen LogP contribution is -2.12. The second-order valence-electron chi connectivity index (χ2n) is 4.87. The van der Waals surface area contributed by atoms with Gasteiger partial charge in [0.15, 0.2) is 0 Å². The van der Waals surface area contributed by atoms with Gasteiger partial charge >= 0.3 is 0 Å². The number of hydrogen-bond donors (Lipinski definition) is 1. The van der Waals surface area contributed by atoms with Gasteiger partial charge in [-0.3, -0.25) is 4.68 Å². The van der Waals surface area contributed by atoms with Crippen molar-refractivity contribution in [2.75, 3.05) is 6.61 Å². The van der Waals surface area contributed by atoms with E-state index in [0.29, 0.717) is 6.42 Å². The molecule has 4 heteroatoms. The zero-order valence-corrected chi connectivity index (χ0v) is 11.1. The van der Waals surface area contributed by atoms with Crippen LogP contribution >= 0.6 is 0 Å². The molecule has 2 aromatic rings. The third-order valence-corrected chi connectivity index (χ3v) is 3.40. The van der Waals surface area contributed by atoms with Gasteiger partial charge in [0.05, 0.1) is 0 Å². The number of benzene rings is 1. The lowest BCUT2D eigenvalue weighted by atomic mass is 9.95. The highest BCUT2D eigenvalue weighted by atomic mass is 19.1. The van der Waals surface area contributed by atoms with E-state index in [-0.39, 0.29) is 18.3 Å². The smallest absolute Gasteiger partial charge is 0.123 e. The van der Waals surface area contributed by atoms with Crippen LogP contribution in [0.2, 0.25) is 0 Å². The molecule has 1 aromatic carbocycles. The van der Waals surface area contributed by atoms with Crippen LogP contribution in [0.4, 0.5) is 4.39 Å². The number of aryl methyl sites for hydroxylation is 2. The number of hydrogen-bond acceptors (Lipinski definition) is 2. The Balaban J connectivity index is 1.92. The summed E-state index contributed by atoms with van der Waals surface area (Å²) in [5.41, 5.74) is 2.08. The van der Waals surface area contributed by atoms with Gasteiger partial charge in [0, 0.05) is 25.5 Å². The first-order valence-corrected chi connectivity index (χ1v) is 6.51. The maximum Gasteiger partial charge on any atom is 0.123 e. The normalized spacial score (nSPS) is 12.6. The summed E-state index contributed by atoms with van der Waals surface area (Å²) >= 11 is 0.